The van der Waals surface area contributed by atoms with E-state index >= 15 is 0 Å². The van der Waals surface area contributed by atoms with Gasteiger partial charge in [0.25, 0.3) is 5.91 Å². The Morgan fingerprint density at radius 3 is 2.05 bits per heavy atom. The first-order chi connectivity index (χ1) is 20.7. The van der Waals surface area contributed by atoms with Crippen molar-refractivity contribution in [2.24, 2.45) is 0 Å². The van der Waals surface area contributed by atoms with Crippen molar-refractivity contribution in [3.8, 4) is 28.2 Å². The fraction of sp³-hybridized carbons (Fsp3) is 0.243. The van der Waals surface area contributed by atoms with E-state index in [9.17, 15) is 4.79 Å². The minimum Gasteiger partial charge on any atom is -0.352 e. The summed E-state index contributed by atoms with van der Waals surface area (Å²) in [5.41, 5.74) is 7.45. The number of thioether (sulfide) groups is 1. The second kappa shape index (κ2) is 15.2. The molecule has 0 aliphatic carbocycles. The summed E-state index contributed by atoms with van der Waals surface area (Å²) in [6.07, 6.45) is 6.64. The second-order valence-corrected chi connectivity index (χ2v) is 11.5. The third-order valence-electron chi connectivity index (χ3n) is 7.33. The smallest absolute Gasteiger partial charge is 0.251 e. The van der Waals surface area contributed by atoms with E-state index in [1.807, 2.05) is 30.3 Å². The zero-order chi connectivity index (χ0) is 29.0. The molecular formula is C37H39N3OS. The number of nitrogens with zero attached hydrogens (tertiary/aromatic N) is 2. The molecule has 0 aliphatic rings. The topological polar surface area (TPSA) is 46.9 Å². The van der Waals surface area contributed by atoms with Gasteiger partial charge in [-0.1, -0.05) is 123 Å². The van der Waals surface area contributed by atoms with Crippen LogP contribution < -0.4 is 5.32 Å². The van der Waals surface area contributed by atoms with Crippen LogP contribution in [0.3, 0.4) is 0 Å². The molecule has 214 valence electrons. The highest BCUT2D eigenvalue weighted by Crippen LogP contribution is 2.38. The Morgan fingerprint density at radius 1 is 0.738 bits per heavy atom. The van der Waals surface area contributed by atoms with Gasteiger partial charge in [-0.3, -0.25) is 9.36 Å². The van der Waals surface area contributed by atoms with Crippen LogP contribution in [0.4, 0.5) is 0 Å². The Kier molecular flexibility index (Phi) is 10.7. The number of hydrogen-bond acceptors (Lipinski definition) is 3. The summed E-state index contributed by atoms with van der Waals surface area (Å²) in [4.78, 5) is 17.9. The summed E-state index contributed by atoms with van der Waals surface area (Å²) < 4.78 is 2.29. The van der Waals surface area contributed by atoms with Crippen LogP contribution in [0.25, 0.3) is 28.2 Å². The zero-order valence-electron chi connectivity index (χ0n) is 24.3. The van der Waals surface area contributed by atoms with Gasteiger partial charge in [0.1, 0.15) is 0 Å². The summed E-state index contributed by atoms with van der Waals surface area (Å²) in [7, 11) is 0. The lowest BCUT2D eigenvalue weighted by Gasteiger charge is -2.13. The first-order valence-corrected chi connectivity index (χ1v) is 16.0. The number of carbonyl (C=O) groups excluding carboxylic acids is 1. The monoisotopic (exact) mass is 573 g/mol. The fourth-order valence-electron chi connectivity index (χ4n) is 5.07. The van der Waals surface area contributed by atoms with E-state index in [4.69, 9.17) is 4.98 Å². The molecule has 4 nitrogen and oxygen atoms in total. The van der Waals surface area contributed by atoms with Crippen molar-refractivity contribution in [1.29, 1.82) is 0 Å². The molecule has 0 saturated heterocycles. The summed E-state index contributed by atoms with van der Waals surface area (Å²) in [5.74, 6) is 0.914. The van der Waals surface area contributed by atoms with Crippen LogP contribution >= 0.6 is 11.8 Å². The van der Waals surface area contributed by atoms with Gasteiger partial charge in [0.15, 0.2) is 5.16 Å². The van der Waals surface area contributed by atoms with Gasteiger partial charge in [-0.2, -0.15) is 0 Å². The number of imidazole rings is 1. The molecular weight excluding hydrogens is 534 g/mol. The van der Waals surface area contributed by atoms with E-state index in [1.54, 1.807) is 11.8 Å². The first-order valence-electron chi connectivity index (χ1n) is 15.0. The molecule has 5 aromatic rings. The van der Waals surface area contributed by atoms with Crippen molar-refractivity contribution < 1.29 is 4.79 Å². The van der Waals surface area contributed by atoms with Crippen molar-refractivity contribution in [1.82, 2.24) is 14.9 Å². The molecule has 0 unspecified atom stereocenters. The Hall–Kier alpha value is -4.09. The van der Waals surface area contributed by atoms with Crippen molar-refractivity contribution in [2.45, 2.75) is 50.6 Å². The SMILES string of the molecule is CCCCCc1ccc(C(=O)NCCCCSc2nc(-c3ccccc3)c(-c3ccccc3)n2-c2ccccc2)cc1. The third kappa shape index (κ3) is 7.59. The first kappa shape index (κ1) is 29.4. The number of benzene rings is 4. The molecule has 1 heterocycles. The molecule has 0 fully saturated rings. The Bertz CT molecular complexity index is 1530. The van der Waals surface area contributed by atoms with Gasteiger partial charge >= 0.3 is 0 Å². The highest BCUT2D eigenvalue weighted by atomic mass is 32.2. The number of aryl methyl sites for hydroxylation is 1. The number of amides is 1. The predicted octanol–water partition coefficient (Wildman–Crippen LogP) is 9.24. The Labute approximate surface area is 254 Å². The molecule has 0 spiro atoms. The standard InChI is InChI=1S/C37H39N3OS/c1-2-3-7-16-29-23-25-32(26-24-29)36(41)38-27-14-15-28-42-37-39-34(30-17-8-4-9-18-30)35(31-19-10-5-11-20-31)40(37)33-21-12-6-13-22-33/h4-6,8-13,17-26H,2-3,7,14-16,27-28H2,1H3,(H,38,41). The van der Waals surface area contributed by atoms with Gasteiger partial charge in [-0.25, -0.2) is 4.98 Å². The lowest BCUT2D eigenvalue weighted by molar-refractivity contribution is 0.0953. The number of unbranched alkanes of at least 4 members (excludes halogenated alkanes) is 3. The molecule has 5 rings (SSSR count). The quantitative estimate of drug-likeness (QED) is 0.106. The number of rotatable bonds is 14. The van der Waals surface area contributed by atoms with Crippen molar-refractivity contribution in [3.05, 3.63) is 126 Å². The fourth-order valence-corrected chi connectivity index (χ4v) is 6.08. The molecule has 1 amide bonds. The highest BCUT2D eigenvalue weighted by molar-refractivity contribution is 7.99. The molecule has 4 aromatic carbocycles. The van der Waals surface area contributed by atoms with Crippen LogP contribution in [0.1, 0.15) is 54.9 Å². The van der Waals surface area contributed by atoms with E-state index < -0.39 is 0 Å². The number of hydrogen-bond donors (Lipinski definition) is 1. The Morgan fingerprint density at radius 2 is 1.38 bits per heavy atom. The van der Waals surface area contributed by atoms with Crippen LogP contribution in [0.5, 0.6) is 0 Å². The van der Waals surface area contributed by atoms with Crippen LogP contribution in [-0.2, 0) is 6.42 Å². The summed E-state index contributed by atoms with van der Waals surface area (Å²) in [5, 5.41) is 4.07. The normalized spacial score (nSPS) is 11.0. The van der Waals surface area contributed by atoms with E-state index in [0.717, 1.165) is 63.9 Å². The van der Waals surface area contributed by atoms with Gasteiger partial charge in [-0.15, -0.1) is 0 Å². The van der Waals surface area contributed by atoms with E-state index in [-0.39, 0.29) is 5.91 Å². The van der Waals surface area contributed by atoms with Crippen LogP contribution in [0.2, 0.25) is 0 Å². The average molecular weight is 574 g/mol. The third-order valence-corrected chi connectivity index (χ3v) is 8.35. The minimum atomic E-state index is 0.00221. The van der Waals surface area contributed by atoms with E-state index in [1.165, 1.54) is 24.8 Å². The molecule has 42 heavy (non-hydrogen) atoms. The van der Waals surface area contributed by atoms with Gasteiger partial charge in [0, 0.05) is 34.7 Å². The maximum absolute atomic E-state index is 12.7. The molecule has 1 aromatic heterocycles. The van der Waals surface area contributed by atoms with Crippen molar-refractivity contribution in [2.75, 3.05) is 12.3 Å². The molecule has 0 saturated carbocycles. The average Bonchev–Trinajstić information content (AvgIpc) is 3.44. The van der Waals surface area contributed by atoms with E-state index in [2.05, 4.69) is 102 Å². The number of nitrogens with one attached hydrogen (secondary N) is 1. The number of para-hydroxylation sites is 1. The largest absolute Gasteiger partial charge is 0.352 e. The molecule has 0 bridgehead atoms. The van der Waals surface area contributed by atoms with Crippen LogP contribution in [0.15, 0.2) is 120 Å². The predicted molar refractivity (Wildman–Crippen MR) is 176 cm³/mol. The molecule has 0 radical (unpaired) electrons. The highest BCUT2D eigenvalue weighted by Gasteiger charge is 2.21. The van der Waals surface area contributed by atoms with Crippen LogP contribution in [-0.4, -0.2) is 27.8 Å². The maximum Gasteiger partial charge on any atom is 0.251 e. The molecule has 1 N–H and O–H groups in total. The van der Waals surface area contributed by atoms with Gasteiger partial charge < -0.3 is 5.32 Å². The second-order valence-electron chi connectivity index (χ2n) is 10.5. The lowest BCUT2D eigenvalue weighted by atomic mass is 10.0. The van der Waals surface area contributed by atoms with Gasteiger partial charge in [0.2, 0.25) is 0 Å². The summed E-state index contributed by atoms with van der Waals surface area (Å²) >= 11 is 1.77. The Balaban J connectivity index is 1.24. The molecule has 5 heteroatoms. The summed E-state index contributed by atoms with van der Waals surface area (Å²) in [6, 6.07) is 39.5. The maximum atomic E-state index is 12.7. The molecule has 0 aliphatic heterocycles. The van der Waals surface area contributed by atoms with Crippen molar-refractivity contribution >= 4 is 17.7 Å². The zero-order valence-corrected chi connectivity index (χ0v) is 25.2. The summed E-state index contributed by atoms with van der Waals surface area (Å²) in [6.45, 7) is 2.88. The lowest BCUT2D eigenvalue weighted by Crippen LogP contribution is -2.24. The van der Waals surface area contributed by atoms with Gasteiger partial charge in [0.05, 0.1) is 11.4 Å². The number of carbonyl (C=O) groups is 1. The number of aromatic nitrogens is 2. The van der Waals surface area contributed by atoms with E-state index in [0.29, 0.717) is 6.54 Å². The van der Waals surface area contributed by atoms with Crippen LogP contribution in [0, 0.1) is 0 Å². The van der Waals surface area contributed by atoms with Gasteiger partial charge in [-0.05, 0) is 55.5 Å². The molecule has 0 atom stereocenters. The van der Waals surface area contributed by atoms with Crippen molar-refractivity contribution in [3.63, 3.8) is 0 Å². The minimum absolute atomic E-state index is 0.00221.